The fraction of sp³-hybridized carbons (Fsp3) is 1.00. The summed E-state index contributed by atoms with van der Waals surface area (Å²) >= 11 is 0. The zero-order valence-electron chi connectivity index (χ0n) is 5.97. The summed E-state index contributed by atoms with van der Waals surface area (Å²) in [6, 6.07) is 0. The minimum Gasteiger partial charge on any atom is -0.300 e. The molecule has 0 bridgehead atoms. The van der Waals surface area contributed by atoms with Crippen molar-refractivity contribution in [1.29, 1.82) is 0 Å². The van der Waals surface area contributed by atoms with Crippen molar-refractivity contribution in [1.82, 2.24) is 5.32 Å². The second-order valence-corrected chi connectivity index (χ2v) is 3.98. The minimum atomic E-state index is -2.36. The van der Waals surface area contributed by atoms with E-state index in [0.717, 1.165) is 0 Å². The van der Waals surface area contributed by atoms with Crippen molar-refractivity contribution in [3.8, 4) is 0 Å². The van der Waals surface area contributed by atoms with Crippen LogP contribution in [0.4, 0.5) is 0 Å². The van der Waals surface area contributed by atoms with Crippen LogP contribution in [-0.2, 0) is 10.7 Å². The maximum Gasteiger partial charge on any atom is 0.158 e. The van der Waals surface area contributed by atoms with Gasteiger partial charge in [0, 0.05) is 0 Å². The highest BCUT2D eigenvalue weighted by atomic mass is 32.2. The molecule has 3 nitrogen and oxygen atoms in total. The molecule has 0 saturated heterocycles. The number of thiol groups is 1. The third kappa shape index (κ3) is 2.81. The molecular weight excluding hydrogens is 138 g/mol. The van der Waals surface area contributed by atoms with Crippen molar-refractivity contribution in [3.05, 3.63) is 0 Å². The maximum absolute atomic E-state index is 10.4. The third-order valence-electron chi connectivity index (χ3n) is 1.07. The molecule has 0 aromatic heterocycles. The lowest BCUT2D eigenvalue weighted by Crippen LogP contribution is -2.40. The van der Waals surface area contributed by atoms with Crippen LogP contribution in [0.2, 0.25) is 0 Å². The molecule has 0 aromatic carbocycles. The van der Waals surface area contributed by atoms with Gasteiger partial charge in [0.1, 0.15) is 4.87 Å². The van der Waals surface area contributed by atoms with Gasteiger partial charge in [-0.1, -0.05) is 6.92 Å². The van der Waals surface area contributed by atoms with Gasteiger partial charge >= 0.3 is 0 Å². The van der Waals surface area contributed by atoms with E-state index < -0.39 is 15.6 Å². The van der Waals surface area contributed by atoms with E-state index in [1.807, 2.05) is 6.92 Å². The standard InChI is InChI=1S/C5H13NO2S/c1-4-6-5(2,3)9(7)8/h6,9H,4H2,1-3H3. The van der Waals surface area contributed by atoms with Gasteiger partial charge in [-0.15, -0.1) is 0 Å². The molecule has 56 valence electrons. The fourth-order valence-corrected chi connectivity index (χ4v) is 0.784. The van der Waals surface area contributed by atoms with E-state index in [4.69, 9.17) is 0 Å². The van der Waals surface area contributed by atoms with Crippen molar-refractivity contribution in [2.24, 2.45) is 0 Å². The average molecular weight is 151 g/mol. The number of hydrogen-bond donors (Lipinski definition) is 2. The number of hydrogen-bond acceptors (Lipinski definition) is 3. The summed E-state index contributed by atoms with van der Waals surface area (Å²) in [5.74, 6) is 0. The number of rotatable bonds is 3. The van der Waals surface area contributed by atoms with Crippen LogP contribution in [0.5, 0.6) is 0 Å². The van der Waals surface area contributed by atoms with E-state index in [0.29, 0.717) is 6.54 Å². The van der Waals surface area contributed by atoms with Gasteiger partial charge < -0.3 is 0 Å². The second-order valence-electron chi connectivity index (χ2n) is 2.35. The molecule has 9 heavy (non-hydrogen) atoms. The van der Waals surface area contributed by atoms with Gasteiger partial charge in [0.05, 0.1) is 0 Å². The highest BCUT2D eigenvalue weighted by molar-refractivity contribution is 7.73. The Morgan fingerprint density at radius 1 is 1.44 bits per heavy atom. The summed E-state index contributed by atoms with van der Waals surface area (Å²) in [7, 11) is -2.36. The van der Waals surface area contributed by atoms with Crippen molar-refractivity contribution in [3.63, 3.8) is 0 Å². The zero-order chi connectivity index (χ0) is 7.49. The lowest BCUT2D eigenvalue weighted by atomic mass is 10.4. The van der Waals surface area contributed by atoms with Crippen LogP contribution in [0.25, 0.3) is 0 Å². The number of nitrogens with one attached hydrogen (secondary N) is 1. The molecule has 0 radical (unpaired) electrons. The second kappa shape index (κ2) is 3.17. The first kappa shape index (κ1) is 8.91. The summed E-state index contributed by atoms with van der Waals surface area (Å²) in [5, 5.41) is 2.83. The van der Waals surface area contributed by atoms with Crippen LogP contribution in [0.15, 0.2) is 0 Å². The first-order valence-corrected chi connectivity index (χ1v) is 4.08. The Morgan fingerprint density at radius 2 is 1.89 bits per heavy atom. The highest BCUT2D eigenvalue weighted by Gasteiger charge is 2.18. The topological polar surface area (TPSA) is 46.2 Å². The summed E-state index contributed by atoms with van der Waals surface area (Å²) in [6.07, 6.45) is 0. The Morgan fingerprint density at radius 3 is 2.00 bits per heavy atom. The van der Waals surface area contributed by atoms with E-state index in [-0.39, 0.29) is 0 Å². The van der Waals surface area contributed by atoms with Crippen molar-refractivity contribution >= 4 is 10.7 Å². The zero-order valence-corrected chi connectivity index (χ0v) is 6.87. The Balaban J connectivity index is 4.02. The maximum atomic E-state index is 10.4. The van der Waals surface area contributed by atoms with Crippen LogP contribution in [-0.4, -0.2) is 19.8 Å². The summed E-state index contributed by atoms with van der Waals surface area (Å²) in [5.41, 5.74) is 0. The van der Waals surface area contributed by atoms with Gasteiger partial charge in [-0.3, -0.25) is 5.32 Å². The van der Waals surface area contributed by atoms with Gasteiger partial charge in [-0.05, 0) is 20.4 Å². The highest BCUT2D eigenvalue weighted by Crippen LogP contribution is 2.00. The molecule has 0 heterocycles. The van der Waals surface area contributed by atoms with E-state index in [1.54, 1.807) is 13.8 Å². The molecule has 0 unspecified atom stereocenters. The summed E-state index contributed by atoms with van der Waals surface area (Å²) < 4.78 is 20.8. The molecule has 4 heteroatoms. The largest absolute Gasteiger partial charge is 0.300 e. The van der Waals surface area contributed by atoms with Gasteiger partial charge in [0.15, 0.2) is 10.7 Å². The Labute approximate surface area is 57.4 Å². The predicted molar refractivity (Wildman–Crippen MR) is 38.1 cm³/mol. The van der Waals surface area contributed by atoms with Crippen LogP contribution in [0.1, 0.15) is 20.8 Å². The van der Waals surface area contributed by atoms with E-state index in [9.17, 15) is 8.42 Å². The third-order valence-corrected chi connectivity index (χ3v) is 2.14. The van der Waals surface area contributed by atoms with Gasteiger partial charge in [0.25, 0.3) is 0 Å². The molecule has 0 aliphatic heterocycles. The van der Waals surface area contributed by atoms with Gasteiger partial charge in [-0.25, -0.2) is 8.42 Å². The molecule has 0 atom stereocenters. The van der Waals surface area contributed by atoms with Crippen LogP contribution >= 0.6 is 0 Å². The van der Waals surface area contributed by atoms with Crippen LogP contribution in [0, 0.1) is 0 Å². The van der Waals surface area contributed by atoms with Crippen molar-refractivity contribution in [2.75, 3.05) is 6.54 Å². The first-order valence-electron chi connectivity index (χ1n) is 2.90. The predicted octanol–water partition coefficient (Wildman–Crippen LogP) is -0.0566. The Bertz CT molecular complexity index is 143. The Hall–Kier alpha value is -0.0900. The van der Waals surface area contributed by atoms with E-state index in [2.05, 4.69) is 5.32 Å². The van der Waals surface area contributed by atoms with Crippen molar-refractivity contribution in [2.45, 2.75) is 25.6 Å². The van der Waals surface area contributed by atoms with Crippen LogP contribution < -0.4 is 5.32 Å². The molecule has 0 fully saturated rings. The lowest BCUT2D eigenvalue weighted by Gasteiger charge is -2.16. The quantitative estimate of drug-likeness (QED) is 0.556. The normalized spacial score (nSPS) is 12.4. The molecule has 0 spiro atoms. The fourth-order valence-electron chi connectivity index (χ4n) is 0.497. The smallest absolute Gasteiger partial charge is 0.158 e. The lowest BCUT2D eigenvalue weighted by molar-refractivity contribution is 0.505. The van der Waals surface area contributed by atoms with Gasteiger partial charge in [-0.2, -0.15) is 0 Å². The monoisotopic (exact) mass is 151 g/mol. The van der Waals surface area contributed by atoms with E-state index >= 15 is 0 Å². The van der Waals surface area contributed by atoms with Crippen molar-refractivity contribution < 1.29 is 8.42 Å². The van der Waals surface area contributed by atoms with Gasteiger partial charge in [0.2, 0.25) is 0 Å². The molecule has 0 aromatic rings. The summed E-state index contributed by atoms with van der Waals surface area (Å²) in [6.45, 7) is 5.83. The molecule has 0 rings (SSSR count). The molecular formula is C5H13NO2S. The average Bonchev–Trinajstić information content (AvgIpc) is 1.65. The molecule has 1 N–H and O–H groups in total. The molecule has 0 amide bonds. The molecule has 0 aliphatic carbocycles. The Kier molecular flexibility index (Phi) is 3.14. The summed E-state index contributed by atoms with van der Waals surface area (Å²) in [4.78, 5) is -0.746. The van der Waals surface area contributed by atoms with Crippen LogP contribution in [0.3, 0.4) is 0 Å². The molecule has 0 aliphatic rings. The van der Waals surface area contributed by atoms with E-state index in [1.165, 1.54) is 0 Å². The minimum absolute atomic E-state index is 0.677. The first-order chi connectivity index (χ1) is 4.00. The molecule has 0 saturated carbocycles. The SMILES string of the molecule is CCNC(C)(C)[SH](=O)=O.